The summed E-state index contributed by atoms with van der Waals surface area (Å²) in [6.07, 6.45) is 23.7. The maximum absolute atomic E-state index is 14.2. The minimum absolute atomic E-state index is 0.00633. The second kappa shape index (κ2) is 31.0. The number of unbranched alkanes of at least 4 members (excludes halogenated alkanes) is 11. The summed E-state index contributed by atoms with van der Waals surface area (Å²) in [5, 5.41) is 46.1. The number of pyridine rings is 1. The van der Waals surface area contributed by atoms with Crippen molar-refractivity contribution in [3.63, 3.8) is 0 Å². The Morgan fingerprint density at radius 2 is 1.50 bits per heavy atom. The molecule has 101 heavy (non-hydrogen) atoms. The number of nitrogens with zero attached hydrogens (tertiary/aromatic N) is 10. The maximum atomic E-state index is 14.2. The average molecular weight is 1410 g/mol. The van der Waals surface area contributed by atoms with Crippen molar-refractivity contribution in [2.45, 2.75) is 240 Å². The van der Waals surface area contributed by atoms with Crippen molar-refractivity contribution < 1.29 is 34.1 Å². The lowest BCUT2D eigenvalue weighted by atomic mass is 9.39. The Morgan fingerprint density at radius 1 is 0.802 bits per heavy atom. The van der Waals surface area contributed by atoms with Crippen molar-refractivity contribution in [1.29, 1.82) is 0 Å². The number of nitrogens with one attached hydrogen (secondary N) is 3. The molecule has 22 heteroatoms. The van der Waals surface area contributed by atoms with Crippen molar-refractivity contribution in [3.8, 4) is 21.6 Å². The van der Waals surface area contributed by atoms with Gasteiger partial charge in [-0.3, -0.25) is 19.1 Å². The first-order valence-corrected chi connectivity index (χ1v) is 38.9. The number of aliphatic hydroxyl groups excluding tert-OH is 1. The van der Waals surface area contributed by atoms with Crippen LogP contribution in [0.25, 0.3) is 31.8 Å². The van der Waals surface area contributed by atoms with Crippen LogP contribution in [0.3, 0.4) is 0 Å². The molecule has 2 aliphatic heterocycles. The molecule has 2 unspecified atom stereocenters. The molecule has 1 saturated heterocycles. The number of anilines is 4. The van der Waals surface area contributed by atoms with E-state index in [4.69, 9.17) is 24.9 Å². The molecule has 0 radical (unpaired) electrons. The molecule has 542 valence electrons. The monoisotopic (exact) mass is 1410 g/mol. The fourth-order valence-electron chi connectivity index (χ4n) is 18.5. The number of β-amino-alcohol motifs (C(OH)–C–C–N with tert-alkyl or cyclic N) is 1. The van der Waals surface area contributed by atoms with Gasteiger partial charge in [0.25, 0.3) is 0 Å². The number of ether oxygens (including phenoxy) is 1. The number of aromatic nitrogens is 7. The molecule has 4 aliphatic carbocycles. The zero-order valence-corrected chi connectivity index (χ0v) is 62.9. The summed E-state index contributed by atoms with van der Waals surface area (Å²) in [4.78, 5) is 75.5. The summed E-state index contributed by atoms with van der Waals surface area (Å²) < 4.78 is 10.4. The van der Waals surface area contributed by atoms with Gasteiger partial charge < -0.3 is 45.6 Å². The molecule has 5 fully saturated rings. The number of carbonyl (C=O) groups is 4. The molecule has 5 N–H and O–H groups in total. The summed E-state index contributed by atoms with van der Waals surface area (Å²) >= 11 is 3.17. The van der Waals surface area contributed by atoms with Crippen LogP contribution < -0.4 is 20.9 Å². The maximum Gasteiger partial charge on any atom is 0.355 e. The van der Waals surface area contributed by atoms with Crippen molar-refractivity contribution in [1.82, 2.24) is 55.4 Å². The standard InChI is InChI=1S/C79H107N13O7S2/c1-51-58-26-25-37-90(70(58)88-87-69(51)86-74-83-61-27-22-23-28-63(61)101-74)64-35-34-59(66(84-64)73(97)98)60-41-81-92(54(60)4)49-78-44-76(8)43-77(9,45-78)47-79(46-76,48-78)99-39-38-89(10)36-24-20-18-16-14-12-11-13-15-17-19-21-29-65(94)85-68(75(5,6)7)72(96)91-42-57(93)40-62(91)71(95)82-52(2)55-30-32-56(33-31-55)67-53(3)80-50-100-67/h22-23,27-28,30-35,41,50,52,57,62,68,93H,11-21,24-26,29,36-40,42-49H2,1-10H3,(H,82,95)(H,85,94)(H,97,98)(H,83,86,87)/t52-,57+,62-,68+,76?,77?,78?,79?/m0/s1. The molecule has 7 aromatic rings. The number of hydrogen-bond acceptors (Lipinski definition) is 17. The molecule has 6 atom stereocenters. The lowest BCUT2D eigenvalue weighted by molar-refractivity contribution is -0.248. The van der Waals surface area contributed by atoms with Crippen LogP contribution in [0.15, 0.2) is 72.4 Å². The van der Waals surface area contributed by atoms with Crippen LogP contribution in [0, 0.1) is 42.4 Å². The molecule has 7 heterocycles. The highest BCUT2D eigenvalue weighted by molar-refractivity contribution is 7.22. The molecule has 0 spiro atoms. The number of hydrogen-bond donors (Lipinski definition) is 5. The number of fused-ring (bicyclic) bond motifs is 2. The quantitative estimate of drug-likeness (QED) is 0.0246. The first kappa shape index (κ1) is 73.5. The highest BCUT2D eigenvalue weighted by Crippen LogP contribution is 2.72. The third-order valence-corrected chi connectivity index (χ3v) is 24.4. The third kappa shape index (κ3) is 17.0. The van der Waals surface area contributed by atoms with Gasteiger partial charge in [0.1, 0.15) is 17.9 Å². The van der Waals surface area contributed by atoms with E-state index in [0.29, 0.717) is 36.0 Å². The van der Waals surface area contributed by atoms with Gasteiger partial charge in [0, 0.05) is 67.0 Å². The van der Waals surface area contributed by atoms with E-state index in [2.05, 4.69) is 76.4 Å². The molecular weight excluding hydrogens is 1310 g/mol. The SMILES string of the molecule is Cc1ncsc1-c1ccc([C@H](C)NC(=O)[C@@H]2C[C@@H](O)CN2C(=O)[C@@H](NC(=O)CCCCCCCCCCCCCCN(C)CCOC23CC4(C)CC(C)(CC(Cn5ncc(-c6ccc(N7CCCc8c7nnc(Nc7nc9ccccc9s7)c8C)nc6C(=O)O)c5C)(C4)C2)C3)C(C)(C)C)cc1. The highest BCUT2D eigenvalue weighted by Gasteiger charge is 2.66. The summed E-state index contributed by atoms with van der Waals surface area (Å²) in [5.41, 5.74) is 9.67. The number of likely N-dealkylation sites (tertiary alicyclic amines) is 1. The number of thiazole rings is 2. The Kier molecular flexibility index (Phi) is 22.6. The number of amides is 3. The number of aliphatic hydroxyl groups is 1. The Morgan fingerprint density at radius 3 is 2.17 bits per heavy atom. The number of likely N-dealkylation sites (N-methyl/N-ethyl adjacent to an activating group) is 1. The Labute approximate surface area is 604 Å². The van der Waals surface area contributed by atoms with E-state index < -0.39 is 29.6 Å². The smallest absolute Gasteiger partial charge is 0.355 e. The number of aromatic carboxylic acids is 1. The zero-order chi connectivity index (χ0) is 71.4. The van der Waals surface area contributed by atoms with Crippen LogP contribution >= 0.6 is 22.7 Å². The van der Waals surface area contributed by atoms with Crippen LogP contribution in [-0.2, 0) is 32.1 Å². The number of para-hydroxylation sites is 1. The predicted molar refractivity (Wildman–Crippen MR) is 401 cm³/mol. The number of rotatable bonds is 32. The van der Waals surface area contributed by atoms with Gasteiger partial charge in [-0.2, -0.15) is 5.10 Å². The molecular formula is C79H107N13O7S2. The molecule has 2 aromatic carbocycles. The third-order valence-electron chi connectivity index (χ3n) is 22.4. The number of carboxylic acid groups (broad SMARTS) is 1. The molecule has 20 nitrogen and oxygen atoms in total. The average Bonchev–Trinajstić information content (AvgIpc) is 1.14. The molecule has 4 bridgehead atoms. The van der Waals surface area contributed by atoms with Crippen molar-refractivity contribution >= 4 is 79.2 Å². The fraction of sp³-hybridized carbons (Fsp3) is 0.595. The minimum Gasteiger partial charge on any atom is -0.476 e. The van der Waals surface area contributed by atoms with E-state index in [1.54, 1.807) is 22.7 Å². The molecule has 4 saturated carbocycles. The normalized spacial score (nSPS) is 23.0. The summed E-state index contributed by atoms with van der Waals surface area (Å²) in [6.45, 7) is 22.9. The number of benzene rings is 2. The molecule has 3 amide bonds. The number of carbonyl (C=O) groups excluding carboxylic acids is 3. The van der Waals surface area contributed by atoms with Gasteiger partial charge in [0.2, 0.25) is 17.7 Å². The molecule has 6 aliphatic rings. The van der Waals surface area contributed by atoms with E-state index in [-0.39, 0.29) is 64.3 Å². The van der Waals surface area contributed by atoms with Crippen molar-refractivity contribution in [3.05, 3.63) is 106 Å². The van der Waals surface area contributed by atoms with Gasteiger partial charge in [0.05, 0.1) is 56.8 Å². The topological polar surface area (TPSA) is 246 Å². The number of carboxylic acids is 1. The van der Waals surface area contributed by atoms with E-state index in [1.165, 1.54) is 62.7 Å². The Bertz CT molecular complexity index is 4030. The second-order valence-electron chi connectivity index (χ2n) is 32.4. The van der Waals surface area contributed by atoms with Crippen LogP contribution in [0.4, 0.5) is 22.6 Å². The lowest BCUT2D eigenvalue weighted by Gasteiger charge is -2.69. The summed E-state index contributed by atoms with van der Waals surface area (Å²) in [7, 11) is 2.24. The van der Waals surface area contributed by atoms with Crippen molar-refractivity contribution in [2.24, 2.45) is 21.7 Å². The van der Waals surface area contributed by atoms with Gasteiger partial charge in [0.15, 0.2) is 22.5 Å². The summed E-state index contributed by atoms with van der Waals surface area (Å²) in [5.74, 6) is -0.0255. The second-order valence-corrected chi connectivity index (χ2v) is 34.3. The first-order valence-electron chi connectivity index (χ1n) is 37.2. The predicted octanol–water partition coefficient (Wildman–Crippen LogP) is 15.4. The van der Waals surface area contributed by atoms with Gasteiger partial charge >= 0.3 is 5.97 Å². The van der Waals surface area contributed by atoms with Crippen LogP contribution in [0.1, 0.15) is 221 Å². The van der Waals surface area contributed by atoms with E-state index in [9.17, 15) is 29.4 Å². The van der Waals surface area contributed by atoms with Gasteiger partial charge in [-0.05, 0) is 163 Å². The van der Waals surface area contributed by atoms with E-state index >= 15 is 0 Å². The van der Waals surface area contributed by atoms with Gasteiger partial charge in [-0.1, -0.05) is 147 Å². The number of aryl methyl sites for hydroxylation is 1. The van der Waals surface area contributed by atoms with E-state index in [1.807, 2.05) is 106 Å². The van der Waals surface area contributed by atoms with Crippen LogP contribution in [-0.4, -0.2) is 142 Å². The lowest BCUT2D eigenvalue weighted by Crippen LogP contribution is -2.64. The molecule has 13 rings (SSSR count). The Balaban J connectivity index is 0.532. The molecule has 5 aromatic heterocycles. The highest BCUT2D eigenvalue weighted by atomic mass is 32.1. The minimum atomic E-state index is -1.09. The van der Waals surface area contributed by atoms with Crippen molar-refractivity contribution in [2.75, 3.05) is 50.1 Å². The van der Waals surface area contributed by atoms with E-state index in [0.717, 1.165) is 156 Å². The van der Waals surface area contributed by atoms with Gasteiger partial charge in [-0.15, -0.1) is 21.5 Å². The fourth-order valence-corrected chi connectivity index (χ4v) is 20.2. The van der Waals surface area contributed by atoms with Gasteiger partial charge in [-0.25, -0.2) is 19.7 Å². The Hall–Kier alpha value is -7.24. The first-order chi connectivity index (χ1) is 48.3. The largest absolute Gasteiger partial charge is 0.476 e. The summed E-state index contributed by atoms with van der Waals surface area (Å²) in [6, 6.07) is 17.9. The van der Waals surface area contributed by atoms with Crippen LogP contribution in [0.2, 0.25) is 0 Å². The zero-order valence-electron chi connectivity index (χ0n) is 61.3. The van der Waals surface area contributed by atoms with Crippen LogP contribution in [0.5, 0.6) is 0 Å².